The summed E-state index contributed by atoms with van der Waals surface area (Å²) in [6.07, 6.45) is 2.90. The van der Waals surface area contributed by atoms with Gasteiger partial charge >= 0.3 is 0 Å². The number of piperidine rings is 1. The molecule has 0 aromatic rings. The summed E-state index contributed by atoms with van der Waals surface area (Å²) < 4.78 is 5.44. The van der Waals surface area contributed by atoms with Crippen molar-refractivity contribution < 1.29 is 4.74 Å². The Morgan fingerprint density at radius 2 is 2.00 bits per heavy atom. The van der Waals surface area contributed by atoms with Crippen molar-refractivity contribution in [3.63, 3.8) is 0 Å². The zero-order chi connectivity index (χ0) is 9.90. The van der Waals surface area contributed by atoms with Crippen LogP contribution >= 0.6 is 0 Å². The van der Waals surface area contributed by atoms with Crippen LogP contribution in [0, 0.1) is 5.41 Å². The van der Waals surface area contributed by atoms with Gasteiger partial charge in [0.25, 0.3) is 0 Å². The van der Waals surface area contributed by atoms with E-state index in [0.717, 1.165) is 38.2 Å². The van der Waals surface area contributed by atoms with E-state index in [9.17, 15) is 0 Å². The van der Waals surface area contributed by atoms with Crippen molar-refractivity contribution in [2.24, 2.45) is 0 Å². The van der Waals surface area contributed by atoms with Crippen LogP contribution in [0.4, 0.5) is 0 Å². The van der Waals surface area contributed by atoms with E-state index in [0.29, 0.717) is 0 Å². The molecule has 0 amide bonds. The molecule has 13 heavy (non-hydrogen) atoms. The smallest absolute Gasteiger partial charge is 0.0954 e. The topological polar surface area (TPSA) is 36.3 Å². The lowest BCUT2D eigenvalue weighted by Crippen LogP contribution is -2.45. The third kappa shape index (κ3) is 2.44. The van der Waals surface area contributed by atoms with Crippen LogP contribution in [-0.4, -0.2) is 36.5 Å². The number of likely N-dealkylation sites (tertiary alicyclic amines) is 1. The molecule has 0 saturated carbocycles. The third-order valence-electron chi connectivity index (χ3n) is 3.03. The molecule has 1 aliphatic rings. The number of hydrogen-bond acceptors (Lipinski definition) is 2. The number of methoxy groups -OCH3 is 1. The Hall–Kier alpha value is -0.570. The van der Waals surface area contributed by atoms with Crippen molar-refractivity contribution in [2.45, 2.75) is 38.7 Å². The molecule has 0 aromatic heterocycles. The Bertz CT molecular complexity index is 183. The van der Waals surface area contributed by atoms with Crippen molar-refractivity contribution in [1.29, 1.82) is 5.41 Å². The van der Waals surface area contributed by atoms with Gasteiger partial charge in [0.2, 0.25) is 0 Å². The quantitative estimate of drug-likeness (QED) is 0.525. The third-order valence-corrected chi connectivity index (χ3v) is 3.03. The lowest BCUT2D eigenvalue weighted by molar-refractivity contribution is -0.0322. The molecule has 0 spiro atoms. The molecule has 1 aliphatic heterocycles. The highest BCUT2D eigenvalue weighted by atomic mass is 16.5. The van der Waals surface area contributed by atoms with Gasteiger partial charge < -0.3 is 9.64 Å². The SMILES string of the molecule is CCC(=N)N1CCC(C)(OC)CC1. The lowest BCUT2D eigenvalue weighted by atomic mass is 9.93. The maximum Gasteiger partial charge on any atom is 0.0954 e. The number of nitrogens with one attached hydrogen (secondary N) is 1. The second kappa shape index (κ2) is 4.09. The Morgan fingerprint density at radius 3 is 2.38 bits per heavy atom. The highest BCUT2D eigenvalue weighted by Crippen LogP contribution is 2.24. The summed E-state index contributed by atoms with van der Waals surface area (Å²) in [5.74, 6) is 0.762. The van der Waals surface area contributed by atoms with E-state index in [1.807, 2.05) is 6.92 Å². The highest BCUT2D eigenvalue weighted by molar-refractivity contribution is 5.78. The van der Waals surface area contributed by atoms with Crippen LogP contribution in [0.25, 0.3) is 0 Å². The van der Waals surface area contributed by atoms with Gasteiger partial charge in [-0.25, -0.2) is 0 Å². The van der Waals surface area contributed by atoms with E-state index >= 15 is 0 Å². The van der Waals surface area contributed by atoms with Crippen LogP contribution in [0.15, 0.2) is 0 Å². The zero-order valence-corrected chi connectivity index (χ0v) is 8.89. The predicted molar refractivity (Wildman–Crippen MR) is 54.2 cm³/mol. The van der Waals surface area contributed by atoms with E-state index in [1.165, 1.54) is 0 Å². The van der Waals surface area contributed by atoms with Gasteiger partial charge in [-0.15, -0.1) is 0 Å². The molecule has 0 aromatic carbocycles. The number of hydrogen-bond donors (Lipinski definition) is 1. The maximum absolute atomic E-state index is 7.70. The first-order valence-electron chi connectivity index (χ1n) is 4.99. The number of amidine groups is 1. The maximum atomic E-state index is 7.70. The highest BCUT2D eigenvalue weighted by Gasteiger charge is 2.29. The number of ether oxygens (including phenoxy) is 1. The minimum absolute atomic E-state index is 0.0462. The van der Waals surface area contributed by atoms with E-state index < -0.39 is 0 Å². The van der Waals surface area contributed by atoms with Crippen molar-refractivity contribution in [1.82, 2.24) is 4.90 Å². The molecule has 3 heteroatoms. The van der Waals surface area contributed by atoms with Gasteiger partial charge in [-0.1, -0.05) is 6.92 Å². The number of rotatable bonds is 2. The molecular formula is C10H20N2O. The fraction of sp³-hybridized carbons (Fsp3) is 0.900. The van der Waals surface area contributed by atoms with Gasteiger partial charge in [0, 0.05) is 26.6 Å². The van der Waals surface area contributed by atoms with E-state index in [1.54, 1.807) is 7.11 Å². The normalized spacial score (nSPS) is 21.6. The van der Waals surface area contributed by atoms with Crippen LogP contribution in [0.1, 0.15) is 33.1 Å². The molecule has 1 N–H and O–H groups in total. The summed E-state index contributed by atoms with van der Waals surface area (Å²) in [6.45, 7) is 6.13. The van der Waals surface area contributed by atoms with E-state index in [4.69, 9.17) is 10.1 Å². The molecule has 76 valence electrons. The summed E-state index contributed by atoms with van der Waals surface area (Å²) in [5, 5.41) is 7.70. The first kappa shape index (κ1) is 10.5. The van der Waals surface area contributed by atoms with Gasteiger partial charge in [-0.2, -0.15) is 0 Å². The van der Waals surface area contributed by atoms with Crippen LogP contribution in [0.3, 0.4) is 0 Å². The fourth-order valence-electron chi connectivity index (χ4n) is 1.68. The average molecular weight is 184 g/mol. The molecule has 0 atom stereocenters. The molecule has 0 aliphatic carbocycles. The Balaban J connectivity index is 2.43. The monoisotopic (exact) mass is 184 g/mol. The van der Waals surface area contributed by atoms with Crippen molar-refractivity contribution in [3.8, 4) is 0 Å². The molecule has 0 radical (unpaired) electrons. The molecule has 0 bridgehead atoms. The second-order valence-corrected chi connectivity index (χ2v) is 3.94. The van der Waals surface area contributed by atoms with Gasteiger partial charge in [0.15, 0.2) is 0 Å². The molecule has 3 nitrogen and oxygen atoms in total. The summed E-state index contributed by atoms with van der Waals surface area (Å²) >= 11 is 0. The summed E-state index contributed by atoms with van der Waals surface area (Å²) in [4.78, 5) is 2.15. The van der Waals surface area contributed by atoms with Gasteiger partial charge in [-0.3, -0.25) is 5.41 Å². The van der Waals surface area contributed by atoms with Crippen molar-refractivity contribution in [2.75, 3.05) is 20.2 Å². The average Bonchev–Trinajstić information content (AvgIpc) is 2.18. The van der Waals surface area contributed by atoms with Crippen LogP contribution < -0.4 is 0 Å². The Labute approximate surface area is 80.6 Å². The molecular weight excluding hydrogens is 164 g/mol. The standard InChI is InChI=1S/C10H20N2O/c1-4-9(11)12-7-5-10(2,13-3)6-8-12/h11H,4-8H2,1-3H3. The minimum Gasteiger partial charge on any atom is -0.378 e. The molecule has 1 heterocycles. The molecule has 0 unspecified atom stereocenters. The number of nitrogens with zero attached hydrogens (tertiary/aromatic N) is 1. The minimum atomic E-state index is 0.0462. The summed E-state index contributed by atoms with van der Waals surface area (Å²) in [7, 11) is 1.78. The van der Waals surface area contributed by atoms with Crippen molar-refractivity contribution >= 4 is 5.84 Å². The fourth-order valence-corrected chi connectivity index (χ4v) is 1.68. The van der Waals surface area contributed by atoms with E-state index in [-0.39, 0.29) is 5.60 Å². The van der Waals surface area contributed by atoms with Crippen LogP contribution in [-0.2, 0) is 4.74 Å². The van der Waals surface area contributed by atoms with Crippen molar-refractivity contribution in [3.05, 3.63) is 0 Å². The first-order chi connectivity index (χ1) is 6.11. The van der Waals surface area contributed by atoms with Crippen LogP contribution in [0.2, 0.25) is 0 Å². The molecule has 1 fully saturated rings. The van der Waals surface area contributed by atoms with Gasteiger partial charge in [0.05, 0.1) is 11.4 Å². The first-order valence-corrected chi connectivity index (χ1v) is 4.99. The van der Waals surface area contributed by atoms with Crippen LogP contribution in [0.5, 0.6) is 0 Å². The summed E-state index contributed by atoms with van der Waals surface area (Å²) in [5.41, 5.74) is 0.0462. The zero-order valence-electron chi connectivity index (χ0n) is 8.89. The summed E-state index contributed by atoms with van der Waals surface area (Å²) in [6, 6.07) is 0. The molecule has 1 rings (SSSR count). The Morgan fingerprint density at radius 1 is 1.46 bits per heavy atom. The van der Waals surface area contributed by atoms with Gasteiger partial charge in [-0.05, 0) is 19.8 Å². The lowest BCUT2D eigenvalue weighted by Gasteiger charge is -2.39. The predicted octanol–water partition coefficient (Wildman–Crippen LogP) is 1.87. The van der Waals surface area contributed by atoms with Gasteiger partial charge in [0.1, 0.15) is 0 Å². The van der Waals surface area contributed by atoms with E-state index in [2.05, 4.69) is 11.8 Å². The largest absolute Gasteiger partial charge is 0.378 e. The molecule has 1 saturated heterocycles. The Kier molecular flexibility index (Phi) is 3.31. The second-order valence-electron chi connectivity index (χ2n) is 3.94.